The third-order valence-electron chi connectivity index (χ3n) is 6.35. The molecule has 0 bridgehead atoms. The van der Waals surface area contributed by atoms with Gasteiger partial charge in [-0.25, -0.2) is 0 Å². The zero-order chi connectivity index (χ0) is 21.1. The molecule has 0 unspecified atom stereocenters. The summed E-state index contributed by atoms with van der Waals surface area (Å²) in [5.74, 6) is 0. The Hall–Kier alpha value is 0.870. The van der Waals surface area contributed by atoms with Crippen LogP contribution in [0, 0.1) is 5.41 Å². The Labute approximate surface area is 192 Å². The molecule has 0 N–H and O–H groups in total. The van der Waals surface area contributed by atoms with Crippen LogP contribution in [0.4, 0.5) is 0 Å². The maximum absolute atomic E-state index is 5.93. The van der Waals surface area contributed by atoms with Crippen LogP contribution in [0.5, 0.6) is 0 Å². The van der Waals surface area contributed by atoms with Crippen LogP contribution in [-0.2, 0) is 0 Å². The molecule has 28 heavy (non-hydrogen) atoms. The van der Waals surface area contributed by atoms with Crippen molar-refractivity contribution < 1.29 is 0 Å². The molecule has 0 spiro atoms. The summed E-state index contributed by atoms with van der Waals surface area (Å²) in [5, 5.41) is 0. The van der Waals surface area contributed by atoms with E-state index in [2.05, 4.69) is 20.8 Å². The van der Waals surface area contributed by atoms with Crippen LogP contribution >= 0.6 is 34.8 Å². The normalized spacial score (nSPS) is 12.6. The second kappa shape index (κ2) is 18.6. The first kappa shape index (κ1) is 28.9. The van der Waals surface area contributed by atoms with Crippen LogP contribution in [0.2, 0.25) is 0 Å². The molecule has 3 heteroatoms. The number of unbranched alkanes of at least 4 members (excludes halogenated alkanes) is 11. The number of rotatable bonds is 20. The average molecular weight is 456 g/mol. The molecule has 0 atom stereocenters. The van der Waals surface area contributed by atoms with Gasteiger partial charge in [0, 0.05) is 0 Å². The largest absolute Gasteiger partial charge is 0.190 e. The SMILES string of the molecule is CCCCCCC(CCCCCC)(CCCCCC)CCCCCC(Cl)(Cl)Cl. The summed E-state index contributed by atoms with van der Waals surface area (Å²) in [6.45, 7) is 6.94. The molecule has 0 saturated heterocycles. The maximum atomic E-state index is 5.93. The fraction of sp³-hybridized carbons (Fsp3) is 1.00. The van der Waals surface area contributed by atoms with Crippen molar-refractivity contribution in [1.29, 1.82) is 0 Å². The van der Waals surface area contributed by atoms with E-state index >= 15 is 0 Å². The summed E-state index contributed by atoms with van der Waals surface area (Å²) in [5.41, 5.74) is 0.579. The summed E-state index contributed by atoms with van der Waals surface area (Å²) in [7, 11) is 0. The summed E-state index contributed by atoms with van der Waals surface area (Å²) < 4.78 is -1.07. The molecule has 0 nitrogen and oxygen atoms in total. The Bertz CT molecular complexity index is 291. The van der Waals surface area contributed by atoms with E-state index in [0.717, 1.165) is 6.42 Å². The minimum absolute atomic E-state index is 0.579. The molecule has 0 aliphatic carbocycles. The molecule has 0 aromatic rings. The second-order valence-corrected chi connectivity index (χ2v) is 11.6. The molecule has 0 rings (SSSR count). The van der Waals surface area contributed by atoms with Crippen molar-refractivity contribution in [3.8, 4) is 0 Å². The average Bonchev–Trinajstić information content (AvgIpc) is 2.64. The lowest BCUT2D eigenvalue weighted by Crippen LogP contribution is -2.21. The second-order valence-electron chi connectivity index (χ2n) is 9.11. The van der Waals surface area contributed by atoms with Gasteiger partial charge in [0.25, 0.3) is 0 Å². The quantitative estimate of drug-likeness (QED) is 0.126. The van der Waals surface area contributed by atoms with Crippen LogP contribution < -0.4 is 0 Å². The van der Waals surface area contributed by atoms with Gasteiger partial charge in [0.1, 0.15) is 0 Å². The fourth-order valence-electron chi connectivity index (χ4n) is 4.53. The van der Waals surface area contributed by atoms with E-state index in [4.69, 9.17) is 34.8 Å². The molecular formula is C25H49Cl3. The van der Waals surface area contributed by atoms with Gasteiger partial charge in [0.15, 0.2) is 3.79 Å². The van der Waals surface area contributed by atoms with Crippen molar-refractivity contribution in [3.63, 3.8) is 0 Å². The van der Waals surface area contributed by atoms with Gasteiger partial charge in [-0.15, -0.1) is 0 Å². The number of hydrogen-bond donors (Lipinski definition) is 0. The highest BCUT2D eigenvalue weighted by atomic mass is 35.6. The van der Waals surface area contributed by atoms with Gasteiger partial charge in [0.05, 0.1) is 0 Å². The van der Waals surface area contributed by atoms with Gasteiger partial charge < -0.3 is 0 Å². The van der Waals surface area contributed by atoms with E-state index in [1.807, 2.05) is 0 Å². The van der Waals surface area contributed by atoms with Gasteiger partial charge in [0.2, 0.25) is 0 Å². The van der Waals surface area contributed by atoms with Gasteiger partial charge >= 0.3 is 0 Å². The van der Waals surface area contributed by atoms with Gasteiger partial charge in [-0.2, -0.15) is 0 Å². The lowest BCUT2D eigenvalue weighted by atomic mass is 9.70. The first-order chi connectivity index (χ1) is 13.4. The smallest absolute Gasteiger partial charge is 0.0837 e. The Kier molecular flexibility index (Phi) is 19.2. The molecule has 0 saturated carbocycles. The van der Waals surface area contributed by atoms with Crippen molar-refractivity contribution in [2.24, 2.45) is 5.41 Å². The molecule has 0 aromatic heterocycles. The van der Waals surface area contributed by atoms with Crippen molar-refractivity contribution in [2.45, 2.75) is 153 Å². The molecule has 0 aromatic carbocycles. The summed E-state index contributed by atoms with van der Waals surface area (Å²) in [6, 6.07) is 0. The van der Waals surface area contributed by atoms with Gasteiger partial charge in [-0.1, -0.05) is 145 Å². The molecule has 0 heterocycles. The molecule has 0 radical (unpaired) electrons. The van der Waals surface area contributed by atoms with Crippen molar-refractivity contribution in [2.75, 3.05) is 0 Å². The predicted molar refractivity (Wildman–Crippen MR) is 132 cm³/mol. The third-order valence-corrected chi connectivity index (χ3v) is 6.92. The molecule has 0 aliphatic rings. The van der Waals surface area contributed by atoms with Gasteiger partial charge in [-0.05, 0) is 43.9 Å². The first-order valence-corrected chi connectivity index (χ1v) is 13.6. The van der Waals surface area contributed by atoms with E-state index in [9.17, 15) is 0 Å². The number of hydrogen-bond acceptors (Lipinski definition) is 0. The number of alkyl halides is 3. The van der Waals surface area contributed by atoms with Crippen molar-refractivity contribution >= 4 is 34.8 Å². The highest BCUT2D eigenvalue weighted by Gasteiger charge is 2.28. The Morgan fingerprint density at radius 3 is 0.964 bits per heavy atom. The maximum Gasteiger partial charge on any atom is 0.190 e. The zero-order valence-electron chi connectivity index (χ0n) is 19.3. The van der Waals surface area contributed by atoms with Gasteiger partial charge in [-0.3, -0.25) is 0 Å². The monoisotopic (exact) mass is 454 g/mol. The Morgan fingerprint density at radius 2 is 0.679 bits per heavy atom. The number of halogens is 3. The predicted octanol–water partition coefficient (Wildman–Crippen LogP) is 11.2. The highest BCUT2D eigenvalue weighted by Crippen LogP contribution is 2.42. The third kappa shape index (κ3) is 17.7. The van der Waals surface area contributed by atoms with E-state index < -0.39 is 3.79 Å². The Balaban J connectivity index is 4.71. The highest BCUT2D eigenvalue weighted by molar-refractivity contribution is 6.67. The van der Waals surface area contributed by atoms with Crippen LogP contribution in [-0.4, -0.2) is 3.79 Å². The first-order valence-electron chi connectivity index (χ1n) is 12.5. The molecule has 0 fully saturated rings. The van der Waals surface area contributed by atoms with E-state index in [1.54, 1.807) is 0 Å². The van der Waals surface area contributed by atoms with Crippen molar-refractivity contribution in [3.05, 3.63) is 0 Å². The molecule has 0 aliphatic heterocycles. The summed E-state index contributed by atoms with van der Waals surface area (Å²) >= 11 is 17.8. The molecule has 0 amide bonds. The van der Waals surface area contributed by atoms with Crippen LogP contribution in [0.15, 0.2) is 0 Å². The molecule has 170 valence electrons. The Morgan fingerprint density at radius 1 is 0.393 bits per heavy atom. The van der Waals surface area contributed by atoms with E-state index in [0.29, 0.717) is 11.8 Å². The zero-order valence-corrected chi connectivity index (χ0v) is 21.5. The fourth-order valence-corrected chi connectivity index (χ4v) is 4.93. The molecular weight excluding hydrogens is 407 g/mol. The summed E-state index contributed by atoms with van der Waals surface area (Å²) in [6.07, 6.45) is 26.6. The minimum atomic E-state index is -1.07. The van der Waals surface area contributed by atoms with Crippen LogP contribution in [0.1, 0.15) is 149 Å². The van der Waals surface area contributed by atoms with Crippen LogP contribution in [0.25, 0.3) is 0 Å². The minimum Gasteiger partial charge on any atom is -0.0837 e. The van der Waals surface area contributed by atoms with E-state index in [-0.39, 0.29) is 0 Å². The van der Waals surface area contributed by atoms with Crippen LogP contribution in [0.3, 0.4) is 0 Å². The van der Waals surface area contributed by atoms with Crippen molar-refractivity contribution in [1.82, 2.24) is 0 Å². The van der Waals surface area contributed by atoms with E-state index in [1.165, 1.54) is 116 Å². The standard InChI is InChI=1S/C25H49Cl3/c1-4-7-10-14-19-24(20-15-11-8-5-2,21-16-12-9-6-3)22-17-13-18-23-25(26,27)28/h4-23H2,1-3H3. The summed E-state index contributed by atoms with van der Waals surface area (Å²) in [4.78, 5) is 0. The topological polar surface area (TPSA) is 0 Å². The lowest BCUT2D eigenvalue weighted by Gasteiger charge is -2.35. The lowest BCUT2D eigenvalue weighted by molar-refractivity contribution is 0.172.